The van der Waals surface area contributed by atoms with Crippen molar-refractivity contribution >= 4 is 21.2 Å². The number of aromatic nitrogens is 4. The minimum Gasteiger partial charge on any atom is -0.336 e. The molecule has 0 aromatic carbocycles. The summed E-state index contributed by atoms with van der Waals surface area (Å²) in [6.45, 7) is 3.95. The Bertz CT molecular complexity index is 841. The Kier molecular flexibility index (Phi) is 3.09. The van der Waals surface area contributed by atoms with Gasteiger partial charge in [0.15, 0.2) is 11.2 Å². The molecule has 104 valence electrons. The second kappa shape index (κ2) is 4.34. The Morgan fingerprint density at radius 1 is 1.26 bits per heavy atom. The number of nitrogens with zero attached hydrogens (tertiary/aromatic N) is 2. The Morgan fingerprint density at radius 2 is 1.89 bits per heavy atom. The summed E-state index contributed by atoms with van der Waals surface area (Å²) in [4.78, 5) is 32.7. The van der Waals surface area contributed by atoms with Gasteiger partial charge in [0, 0.05) is 6.42 Å². The molecule has 0 saturated heterocycles. The lowest BCUT2D eigenvalue weighted by Crippen LogP contribution is -2.39. The molecule has 9 heteroatoms. The molecule has 0 aliphatic heterocycles. The standard InChI is InChI=1S/C10H14N4O4S/c1-5(2)4-6-11-7-8(12-6)13-10(16)14(9(7)15)19(3,17)18/h5H,4H2,1-3H3,(H,11,12)(H,13,16). The summed E-state index contributed by atoms with van der Waals surface area (Å²) in [7, 11) is -3.96. The lowest BCUT2D eigenvalue weighted by molar-refractivity contribution is 0.588. The van der Waals surface area contributed by atoms with E-state index in [0.29, 0.717) is 18.2 Å². The van der Waals surface area contributed by atoms with Crippen LogP contribution in [0.25, 0.3) is 11.2 Å². The maximum atomic E-state index is 12.0. The second-order valence-corrected chi connectivity index (χ2v) is 6.60. The molecular weight excluding hydrogens is 272 g/mol. The van der Waals surface area contributed by atoms with Gasteiger partial charge in [-0.3, -0.25) is 9.78 Å². The molecule has 0 fully saturated rings. The van der Waals surface area contributed by atoms with Crippen LogP contribution in [-0.2, 0) is 16.4 Å². The first-order chi connectivity index (χ1) is 8.70. The SMILES string of the molecule is CC(C)Cc1nc2[nH]c(=O)n(S(C)(=O)=O)c(=O)c2[nH]1. The molecule has 2 aromatic heterocycles. The Labute approximate surface area is 108 Å². The van der Waals surface area contributed by atoms with Gasteiger partial charge in [-0.15, -0.1) is 3.97 Å². The first kappa shape index (κ1) is 13.5. The van der Waals surface area contributed by atoms with Gasteiger partial charge in [0.2, 0.25) is 10.0 Å². The average molecular weight is 286 g/mol. The lowest BCUT2D eigenvalue weighted by atomic mass is 10.1. The highest BCUT2D eigenvalue weighted by Gasteiger charge is 2.18. The molecule has 2 N–H and O–H groups in total. The van der Waals surface area contributed by atoms with Crippen molar-refractivity contribution in [1.29, 1.82) is 0 Å². The minimum absolute atomic E-state index is 0.0133. The van der Waals surface area contributed by atoms with Gasteiger partial charge in [-0.25, -0.2) is 18.2 Å². The molecule has 0 aliphatic carbocycles. The molecule has 0 amide bonds. The fraction of sp³-hybridized carbons (Fsp3) is 0.500. The first-order valence-corrected chi connectivity index (χ1v) is 7.49. The third-order valence-corrected chi connectivity index (χ3v) is 3.49. The topological polar surface area (TPSA) is 118 Å². The molecule has 0 bridgehead atoms. The van der Waals surface area contributed by atoms with E-state index < -0.39 is 21.3 Å². The van der Waals surface area contributed by atoms with Crippen molar-refractivity contribution in [1.82, 2.24) is 18.9 Å². The maximum absolute atomic E-state index is 12.0. The van der Waals surface area contributed by atoms with E-state index >= 15 is 0 Å². The van der Waals surface area contributed by atoms with E-state index in [1.807, 2.05) is 13.8 Å². The van der Waals surface area contributed by atoms with Gasteiger partial charge in [-0.2, -0.15) is 0 Å². The monoisotopic (exact) mass is 286 g/mol. The van der Waals surface area contributed by atoms with E-state index in [9.17, 15) is 18.0 Å². The average Bonchev–Trinajstić information content (AvgIpc) is 2.56. The predicted octanol–water partition coefficient (Wildman–Crippen LogP) is -0.581. The summed E-state index contributed by atoms with van der Waals surface area (Å²) in [5.74, 6) is 0.841. The van der Waals surface area contributed by atoms with Gasteiger partial charge < -0.3 is 4.98 Å². The number of hydrogen-bond acceptors (Lipinski definition) is 5. The fourth-order valence-electron chi connectivity index (χ4n) is 1.80. The van der Waals surface area contributed by atoms with Crippen LogP contribution in [0.2, 0.25) is 0 Å². The molecule has 0 radical (unpaired) electrons. The number of imidazole rings is 1. The van der Waals surface area contributed by atoms with Crippen molar-refractivity contribution < 1.29 is 8.42 Å². The molecule has 0 atom stereocenters. The van der Waals surface area contributed by atoms with Crippen LogP contribution in [0.1, 0.15) is 19.7 Å². The lowest BCUT2D eigenvalue weighted by Gasteiger charge is -1.99. The van der Waals surface area contributed by atoms with Crippen LogP contribution in [0.3, 0.4) is 0 Å². The largest absolute Gasteiger partial charge is 0.344 e. The quantitative estimate of drug-likeness (QED) is 0.782. The summed E-state index contributed by atoms with van der Waals surface area (Å²) in [5, 5.41) is 0. The summed E-state index contributed by atoms with van der Waals surface area (Å²) >= 11 is 0. The van der Waals surface area contributed by atoms with Crippen LogP contribution in [0, 0.1) is 5.92 Å². The van der Waals surface area contributed by atoms with E-state index in [-0.39, 0.29) is 15.1 Å². The van der Waals surface area contributed by atoms with E-state index in [1.54, 1.807) is 0 Å². The summed E-state index contributed by atoms with van der Waals surface area (Å²) in [5.41, 5.74) is -1.86. The van der Waals surface area contributed by atoms with Gasteiger partial charge >= 0.3 is 5.69 Å². The van der Waals surface area contributed by atoms with Crippen molar-refractivity contribution in [3.05, 3.63) is 26.7 Å². The number of fused-ring (bicyclic) bond motifs is 1. The van der Waals surface area contributed by atoms with Gasteiger partial charge in [0.25, 0.3) is 5.56 Å². The minimum atomic E-state index is -3.96. The number of hydrogen-bond donors (Lipinski definition) is 2. The van der Waals surface area contributed by atoms with Crippen molar-refractivity contribution in [2.24, 2.45) is 5.92 Å². The van der Waals surface area contributed by atoms with Gasteiger partial charge in [-0.1, -0.05) is 13.8 Å². The smallest absolute Gasteiger partial charge is 0.336 e. The van der Waals surface area contributed by atoms with E-state index in [2.05, 4.69) is 15.0 Å². The molecule has 2 aromatic rings. The molecule has 19 heavy (non-hydrogen) atoms. The normalized spacial score (nSPS) is 12.4. The number of H-pyrrole nitrogens is 2. The van der Waals surface area contributed by atoms with Gasteiger partial charge in [-0.05, 0) is 5.92 Å². The van der Waals surface area contributed by atoms with Crippen LogP contribution in [0.5, 0.6) is 0 Å². The first-order valence-electron chi connectivity index (χ1n) is 5.64. The molecule has 0 unspecified atom stereocenters. The molecule has 0 spiro atoms. The zero-order valence-corrected chi connectivity index (χ0v) is 11.5. The summed E-state index contributed by atoms with van der Waals surface area (Å²) in [6.07, 6.45) is 1.38. The number of aromatic amines is 2. The maximum Gasteiger partial charge on any atom is 0.344 e. The fourth-order valence-corrected chi connectivity index (χ4v) is 2.54. The second-order valence-electron chi connectivity index (χ2n) is 4.77. The van der Waals surface area contributed by atoms with Crippen molar-refractivity contribution in [2.75, 3.05) is 6.26 Å². The van der Waals surface area contributed by atoms with Crippen LogP contribution < -0.4 is 11.2 Å². The molecule has 2 heterocycles. The van der Waals surface area contributed by atoms with E-state index in [1.165, 1.54) is 0 Å². The molecule has 0 aliphatic rings. The number of rotatable bonds is 3. The van der Waals surface area contributed by atoms with Crippen molar-refractivity contribution in [3.8, 4) is 0 Å². The van der Waals surface area contributed by atoms with Crippen molar-refractivity contribution in [2.45, 2.75) is 20.3 Å². The third-order valence-electron chi connectivity index (χ3n) is 2.49. The molecular formula is C10H14N4O4S. The zero-order chi connectivity index (χ0) is 14.4. The van der Waals surface area contributed by atoms with Gasteiger partial charge in [0.1, 0.15) is 5.82 Å². The molecule has 0 saturated carbocycles. The third kappa shape index (κ3) is 2.46. The zero-order valence-electron chi connectivity index (χ0n) is 10.7. The highest BCUT2D eigenvalue weighted by Crippen LogP contribution is 2.07. The van der Waals surface area contributed by atoms with Crippen LogP contribution >= 0.6 is 0 Å². The summed E-state index contributed by atoms with van der Waals surface area (Å²) < 4.78 is 23.0. The van der Waals surface area contributed by atoms with Crippen LogP contribution in [-0.4, -0.2) is 33.6 Å². The highest BCUT2D eigenvalue weighted by molar-refractivity contribution is 7.89. The van der Waals surface area contributed by atoms with Crippen molar-refractivity contribution in [3.63, 3.8) is 0 Å². The number of nitrogens with one attached hydrogen (secondary N) is 2. The Balaban J connectivity index is 2.79. The Morgan fingerprint density at radius 3 is 2.42 bits per heavy atom. The van der Waals surface area contributed by atoms with E-state index in [4.69, 9.17) is 0 Å². The molecule has 8 nitrogen and oxygen atoms in total. The Hall–Kier alpha value is -1.90. The van der Waals surface area contributed by atoms with Crippen LogP contribution in [0.15, 0.2) is 9.59 Å². The van der Waals surface area contributed by atoms with E-state index in [0.717, 1.165) is 6.26 Å². The highest BCUT2D eigenvalue weighted by atomic mass is 32.2. The van der Waals surface area contributed by atoms with Gasteiger partial charge in [0.05, 0.1) is 6.26 Å². The van der Waals surface area contributed by atoms with Crippen LogP contribution in [0.4, 0.5) is 0 Å². The predicted molar refractivity (Wildman–Crippen MR) is 69.8 cm³/mol. The molecule has 2 rings (SSSR count). The summed E-state index contributed by atoms with van der Waals surface area (Å²) in [6, 6.07) is 0.